The lowest BCUT2D eigenvalue weighted by Crippen LogP contribution is -2.23. The van der Waals surface area contributed by atoms with Crippen molar-refractivity contribution in [3.05, 3.63) is 35.0 Å². The maximum Gasteiger partial charge on any atom is 0.336 e. The summed E-state index contributed by atoms with van der Waals surface area (Å²) in [5, 5.41) is 13.3. The minimum Gasteiger partial charge on any atom is -0.478 e. The summed E-state index contributed by atoms with van der Waals surface area (Å²) in [6.07, 6.45) is 0.889. The molecule has 0 saturated heterocycles. The average molecular weight is 216 g/mol. The molecule has 0 fully saturated rings. The smallest absolute Gasteiger partial charge is 0.336 e. The van der Waals surface area contributed by atoms with Gasteiger partial charge < -0.3 is 15.4 Å². The summed E-state index contributed by atoms with van der Waals surface area (Å²) in [7, 11) is 0. The van der Waals surface area contributed by atoms with Crippen molar-refractivity contribution in [1.29, 1.82) is 0 Å². The number of carbonyl (C=O) groups is 1. The lowest BCUT2D eigenvalue weighted by Gasteiger charge is -2.12. The van der Waals surface area contributed by atoms with E-state index in [2.05, 4.69) is 10.3 Å². The molecule has 1 aliphatic rings. The Morgan fingerprint density at radius 2 is 2.25 bits per heavy atom. The van der Waals surface area contributed by atoms with Crippen LogP contribution in [0.1, 0.15) is 21.6 Å². The third-order valence-corrected chi connectivity index (χ3v) is 3.10. The molecule has 0 atom stereocenters. The molecule has 1 aromatic carbocycles. The van der Waals surface area contributed by atoms with Crippen LogP contribution in [0.5, 0.6) is 0 Å². The Balaban J connectivity index is 2.36. The minimum absolute atomic E-state index is 0.400. The minimum atomic E-state index is -0.856. The molecule has 3 N–H and O–H groups in total. The number of carboxylic acid groups (broad SMARTS) is 1. The van der Waals surface area contributed by atoms with Crippen LogP contribution in [0.4, 0.5) is 0 Å². The van der Waals surface area contributed by atoms with E-state index in [4.69, 9.17) is 0 Å². The van der Waals surface area contributed by atoms with Crippen molar-refractivity contribution in [1.82, 2.24) is 10.3 Å². The fraction of sp³-hybridized carbons (Fsp3) is 0.250. The van der Waals surface area contributed by atoms with Crippen LogP contribution in [-0.4, -0.2) is 22.6 Å². The fourth-order valence-corrected chi connectivity index (χ4v) is 2.40. The quantitative estimate of drug-likeness (QED) is 0.677. The molecule has 16 heavy (non-hydrogen) atoms. The summed E-state index contributed by atoms with van der Waals surface area (Å²) in [5.74, 6) is -0.856. The van der Waals surface area contributed by atoms with Gasteiger partial charge in [-0.15, -0.1) is 0 Å². The van der Waals surface area contributed by atoms with Gasteiger partial charge in [-0.3, -0.25) is 0 Å². The molecule has 3 rings (SSSR count). The van der Waals surface area contributed by atoms with Gasteiger partial charge >= 0.3 is 5.97 Å². The lowest BCUT2D eigenvalue weighted by molar-refractivity contribution is 0.0699. The molecule has 0 amide bonds. The van der Waals surface area contributed by atoms with Gasteiger partial charge in [0.05, 0.1) is 5.56 Å². The van der Waals surface area contributed by atoms with Crippen LogP contribution in [0.3, 0.4) is 0 Å². The molecule has 82 valence electrons. The number of H-pyrrole nitrogens is 1. The highest BCUT2D eigenvalue weighted by molar-refractivity contribution is 6.04. The average Bonchev–Trinajstić information content (AvgIpc) is 2.66. The summed E-state index contributed by atoms with van der Waals surface area (Å²) in [4.78, 5) is 14.5. The van der Waals surface area contributed by atoms with Crippen LogP contribution in [0.15, 0.2) is 18.2 Å². The summed E-state index contributed by atoms with van der Waals surface area (Å²) in [5.41, 5.74) is 3.60. The van der Waals surface area contributed by atoms with Crippen LogP contribution in [0, 0.1) is 0 Å². The SMILES string of the molecule is O=C(O)c1cccc2[nH]c3c(c12)CCNC3. The Labute approximate surface area is 92.3 Å². The van der Waals surface area contributed by atoms with Crippen LogP contribution < -0.4 is 5.32 Å². The number of aromatic carboxylic acids is 1. The highest BCUT2D eigenvalue weighted by Crippen LogP contribution is 2.28. The molecule has 0 saturated carbocycles. The second-order valence-electron chi connectivity index (χ2n) is 4.04. The van der Waals surface area contributed by atoms with Gasteiger partial charge in [-0.25, -0.2) is 4.79 Å². The number of carboxylic acids is 1. The Hall–Kier alpha value is -1.81. The molecule has 4 nitrogen and oxygen atoms in total. The highest BCUT2D eigenvalue weighted by atomic mass is 16.4. The number of aromatic amines is 1. The second kappa shape index (κ2) is 3.35. The van der Waals surface area contributed by atoms with Crippen molar-refractivity contribution >= 4 is 16.9 Å². The number of aromatic nitrogens is 1. The summed E-state index contributed by atoms with van der Waals surface area (Å²) in [6, 6.07) is 5.38. The van der Waals surface area contributed by atoms with Crippen LogP contribution in [0.25, 0.3) is 10.9 Å². The number of rotatable bonds is 1. The van der Waals surface area contributed by atoms with E-state index >= 15 is 0 Å². The zero-order valence-corrected chi connectivity index (χ0v) is 8.71. The van der Waals surface area contributed by atoms with E-state index in [0.717, 1.165) is 41.7 Å². The van der Waals surface area contributed by atoms with Gasteiger partial charge in [-0.1, -0.05) is 6.07 Å². The van der Waals surface area contributed by atoms with Crippen molar-refractivity contribution < 1.29 is 9.90 Å². The van der Waals surface area contributed by atoms with Crippen LogP contribution in [0.2, 0.25) is 0 Å². The molecular weight excluding hydrogens is 204 g/mol. The van der Waals surface area contributed by atoms with E-state index in [-0.39, 0.29) is 0 Å². The number of hydrogen-bond acceptors (Lipinski definition) is 2. The molecule has 2 heterocycles. The van der Waals surface area contributed by atoms with Crippen molar-refractivity contribution in [3.63, 3.8) is 0 Å². The van der Waals surface area contributed by atoms with E-state index in [1.807, 2.05) is 6.07 Å². The van der Waals surface area contributed by atoms with E-state index in [0.29, 0.717) is 5.56 Å². The van der Waals surface area contributed by atoms with Crippen molar-refractivity contribution in [2.45, 2.75) is 13.0 Å². The van der Waals surface area contributed by atoms with Crippen LogP contribution in [-0.2, 0) is 13.0 Å². The summed E-state index contributed by atoms with van der Waals surface area (Å²) in [6.45, 7) is 1.71. The number of nitrogens with one attached hydrogen (secondary N) is 2. The molecular formula is C12H12N2O2. The molecule has 1 aromatic heterocycles. The molecule has 1 aliphatic heterocycles. The Bertz CT molecular complexity index is 572. The third kappa shape index (κ3) is 1.23. The Morgan fingerprint density at radius 1 is 1.38 bits per heavy atom. The highest BCUT2D eigenvalue weighted by Gasteiger charge is 2.19. The molecule has 0 bridgehead atoms. The van der Waals surface area contributed by atoms with Crippen molar-refractivity contribution in [3.8, 4) is 0 Å². The monoisotopic (exact) mass is 216 g/mol. The molecule has 2 aromatic rings. The summed E-state index contributed by atoms with van der Waals surface area (Å²) >= 11 is 0. The zero-order valence-electron chi connectivity index (χ0n) is 8.71. The van der Waals surface area contributed by atoms with Gasteiger partial charge in [0.25, 0.3) is 0 Å². The maximum atomic E-state index is 11.2. The van der Waals surface area contributed by atoms with E-state index in [1.54, 1.807) is 12.1 Å². The lowest BCUT2D eigenvalue weighted by atomic mass is 10.0. The predicted octanol–water partition coefficient (Wildman–Crippen LogP) is 1.51. The first-order chi connectivity index (χ1) is 7.77. The van der Waals surface area contributed by atoms with Crippen molar-refractivity contribution in [2.75, 3.05) is 6.54 Å². The molecule has 0 aliphatic carbocycles. The summed E-state index contributed by atoms with van der Waals surface area (Å²) < 4.78 is 0. The third-order valence-electron chi connectivity index (χ3n) is 3.10. The Kier molecular flexibility index (Phi) is 1.97. The first kappa shape index (κ1) is 9.42. The maximum absolute atomic E-state index is 11.2. The molecule has 0 unspecified atom stereocenters. The Morgan fingerprint density at radius 3 is 3.06 bits per heavy atom. The molecule has 4 heteroatoms. The fourth-order valence-electron chi connectivity index (χ4n) is 2.40. The number of fused-ring (bicyclic) bond motifs is 3. The second-order valence-corrected chi connectivity index (χ2v) is 4.04. The van der Waals surface area contributed by atoms with Gasteiger partial charge in [-0.2, -0.15) is 0 Å². The predicted molar refractivity (Wildman–Crippen MR) is 60.7 cm³/mol. The van der Waals surface area contributed by atoms with E-state index in [1.165, 1.54) is 0 Å². The van der Waals surface area contributed by atoms with Gasteiger partial charge in [-0.05, 0) is 30.7 Å². The largest absolute Gasteiger partial charge is 0.478 e. The number of benzene rings is 1. The van der Waals surface area contributed by atoms with Gasteiger partial charge in [0.2, 0.25) is 0 Å². The first-order valence-electron chi connectivity index (χ1n) is 5.34. The standard InChI is InChI=1S/C12H12N2O2/c15-12(16)8-2-1-3-9-11(8)7-4-5-13-6-10(7)14-9/h1-3,13-14H,4-6H2,(H,15,16). The van der Waals surface area contributed by atoms with Crippen molar-refractivity contribution in [2.24, 2.45) is 0 Å². The number of hydrogen-bond donors (Lipinski definition) is 3. The zero-order chi connectivity index (χ0) is 11.1. The van der Waals surface area contributed by atoms with Crippen LogP contribution >= 0.6 is 0 Å². The molecule has 0 spiro atoms. The van der Waals surface area contributed by atoms with E-state index < -0.39 is 5.97 Å². The van der Waals surface area contributed by atoms with Gasteiger partial charge in [0.15, 0.2) is 0 Å². The van der Waals surface area contributed by atoms with Gasteiger partial charge in [0, 0.05) is 23.1 Å². The van der Waals surface area contributed by atoms with Gasteiger partial charge in [0.1, 0.15) is 0 Å². The molecule has 0 radical (unpaired) electrons. The van der Waals surface area contributed by atoms with E-state index in [9.17, 15) is 9.90 Å². The first-order valence-corrected chi connectivity index (χ1v) is 5.34. The normalized spacial score (nSPS) is 15.0. The topological polar surface area (TPSA) is 65.1 Å².